The number of benzene rings is 2. The SMILES string of the molecule is COc1ccc(-c2nc(C(C)=O)cn2-c2ccc(OC)cc2)cc1. The molecule has 3 aromatic rings. The van der Waals surface area contributed by atoms with E-state index in [1.807, 2.05) is 53.1 Å². The quantitative estimate of drug-likeness (QED) is 0.671. The van der Waals surface area contributed by atoms with Crippen molar-refractivity contribution in [2.45, 2.75) is 6.92 Å². The monoisotopic (exact) mass is 322 g/mol. The molecule has 0 spiro atoms. The van der Waals surface area contributed by atoms with Gasteiger partial charge in [-0.1, -0.05) is 0 Å². The van der Waals surface area contributed by atoms with Crippen LogP contribution in [0.5, 0.6) is 11.5 Å². The summed E-state index contributed by atoms with van der Waals surface area (Å²) in [4.78, 5) is 16.3. The Bertz CT molecular complexity index is 784. The highest BCUT2D eigenvalue weighted by atomic mass is 16.5. The Kier molecular flexibility index (Phi) is 4.33. The largest absolute Gasteiger partial charge is 0.497 e. The predicted molar refractivity (Wildman–Crippen MR) is 92.1 cm³/mol. The third kappa shape index (κ3) is 3.01. The van der Waals surface area contributed by atoms with Crippen LogP contribution in [0.25, 0.3) is 17.1 Å². The molecule has 122 valence electrons. The van der Waals surface area contributed by atoms with Crippen molar-refractivity contribution >= 4 is 5.78 Å². The minimum Gasteiger partial charge on any atom is -0.497 e. The average Bonchev–Trinajstić information content (AvgIpc) is 3.07. The number of hydrogen-bond donors (Lipinski definition) is 0. The third-order valence-corrected chi connectivity index (χ3v) is 3.77. The minimum atomic E-state index is -0.0722. The molecular weight excluding hydrogens is 304 g/mol. The van der Waals surface area contributed by atoms with Crippen LogP contribution in [-0.2, 0) is 0 Å². The summed E-state index contributed by atoms with van der Waals surface area (Å²) < 4.78 is 12.3. The van der Waals surface area contributed by atoms with Crippen LogP contribution in [0.15, 0.2) is 54.7 Å². The number of hydrogen-bond acceptors (Lipinski definition) is 4. The van der Waals surface area contributed by atoms with Gasteiger partial charge in [-0.15, -0.1) is 0 Å². The van der Waals surface area contributed by atoms with E-state index >= 15 is 0 Å². The smallest absolute Gasteiger partial charge is 0.179 e. The summed E-state index contributed by atoms with van der Waals surface area (Å²) in [5.41, 5.74) is 2.23. The fourth-order valence-electron chi connectivity index (χ4n) is 2.43. The highest BCUT2D eigenvalue weighted by Gasteiger charge is 2.14. The van der Waals surface area contributed by atoms with Gasteiger partial charge in [0.1, 0.15) is 23.0 Å². The van der Waals surface area contributed by atoms with E-state index in [1.54, 1.807) is 20.4 Å². The first-order chi connectivity index (χ1) is 11.6. The number of Topliss-reactive ketones (excluding diaryl/α,β-unsaturated/α-hetero) is 1. The van der Waals surface area contributed by atoms with Gasteiger partial charge < -0.3 is 9.47 Å². The van der Waals surface area contributed by atoms with E-state index in [2.05, 4.69) is 4.98 Å². The first-order valence-corrected chi connectivity index (χ1v) is 7.51. The molecule has 0 atom stereocenters. The van der Waals surface area contributed by atoms with Gasteiger partial charge >= 0.3 is 0 Å². The summed E-state index contributed by atoms with van der Waals surface area (Å²) in [7, 11) is 3.25. The van der Waals surface area contributed by atoms with Crippen molar-refractivity contribution in [3.63, 3.8) is 0 Å². The van der Waals surface area contributed by atoms with Gasteiger partial charge in [-0.3, -0.25) is 9.36 Å². The van der Waals surface area contributed by atoms with E-state index in [0.717, 1.165) is 22.7 Å². The van der Waals surface area contributed by atoms with Crippen molar-refractivity contribution in [3.8, 4) is 28.6 Å². The van der Waals surface area contributed by atoms with Crippen LogP contribution in [0.4, 0.5) is 0 Å². The van der Waals surface area contributed by atoms with Gasteiger partial charge in [-0.2, -0.15) is 0 Å². The van der Waals surface area contributed by atoms with Gasteiger partial charge in [0.2, 0.25) is 0 Å². The highest BCUT2D eigenvalue weighted by molar-refractivity contribution is 5.92. The molecule has 0 bridgehead atoms. The lowest BCUT2D eigenvalue weighted by molar-refractivity contribution is 0.101. The Morgan fingerprint density at radius 3 is 1.96 bits per heavy atom. The van der Waals surface area contributed by atoms with E-state index in [-0.39, 0.29) is 5.78 Å². The van der Waals surface area contributed by atoms with E-state index in [9.17, 15) is 4.79 Å². The predicted octanol–water partition coefficient (Wildman–Crippen LogP) is 3.76. The van der Waals surface area contributed by atoms with E-state index in [4.69, 9.17) is 9.47 Å². The molecule has 0 radical (unpaired) electrons. The Morgan fingerprint density at radius 1 is 0.917 bits per heavy atom. The fourth-order valence-corrected chi connectivity index (χ4v) is 2.43. The lowest BCUT2D eigenvalue weighted by atomic mass is 10.2. The Morgan fingerprint density at radius 2 is 1.46 bits per heavy atom. The van der Waals surface area contributed by atoms with Gasteiger partial charge in [0.25, 0.3) is 0 Å². The van der Waals surface area contributed by atoms with E-state index < -0.39 is 0 Å². The number of ether oxygens (including phenoxy) is 2. The number of rotatable bonds is 5. The second-order valence-electron chi connectivity index (χ2n) is 5.30. The molecule has 0 saturated carbocycles. The van der Waals surface area contributed by atoms with Crippen LogP contribution in [0, 0.1) is 0 Å². The third-order valence-electron chi connectivity index (χ3n) is 3.77. The number of methoxy groups -OCH3 is 2. The van der Waals surface area contributed by atoms with Gasteiger partial charge in [0, 0.05) is 24.4 Å². The summed E-state index contributed by atoms with van der Waals surface area (Å²) in [5, 5.41) is 0. The molecule has 0 fully saturated rings. The number of imidazole rings is 1. The van der Waals surface area contributed by atoms with Crippen LogP contribution in [0.3, 0.4) is 0 Å². The molecule has 24 heavy (non-hydrogen) atoms. The lowest BCUT2D eigenvalue weighted by Crippen LogP contribution is -1.96. The molecule has 5 heteroatoms. The minimum absolute atomic E-state index is 0.0722. The molecular formula is C19H18N2O3. The molecule has 2 aromatic carbocycles. The fraction of sp³-hybridized carbons (Fsp3) is 0.158. The molecule has 5 nitrogen and oxygen atoms in total. The van der Waals surface area contributed by atoms with Crippen molar-refractivity contribution in [2.75, 3.05) is 14.2 Å². The Balaban J connectivity index is 2.10. The number of aromatic nitrogens is 2. The van der Waals surface area contributed by atoms with Crippen LogP contribution >= 0.6 is 0 Å². The lowest BCUT2D eigenvalue weighted by Gasteiger charge is -2.09. The van der Waals surface area contributed by atoms with Crippen molar-refractivity contribution in [1.82, 2.24) is 9.55 Å². The topological polar surface area (TPSA) is 53.3 Å². The Hall–Kier alpha value is -3.08. The Labute approximate surface area is 140 Å². The highest BCUT2D eigenvalue weighted by Crippen LogP contribution is 2.26. The van der Waals surface area contributed by atoms with Gasteiger partial charge in [0.05, 0.1) is 14.2 Å². The molecule has 0 unspecified atom stereocenters. The molecule has 0 aliphatic carbocycles. The van der Waals surface area contributed by atoms with Crippen molar-refractivity contribution in [2.24, 2.45) is 0 Å². The molecule has 0 amide bonds. The molecule has 0 N–H and O–H groups in total. The summed E-state index contributed by atoms with van der Waals surface area (Å²) in [6.45, 7) is 1.51. The average molecular weight is 322 g/mol. The summed E-state index contributed by atoms with van der Waals surface area (Å²) in [5.74, 6) is 2.18. The maximum atomic E-state index is 11.8. The number of nitrogens with zero attached hydrogens (tertiary/aromatic N) is 2. The number of carbonyl (C=O) groups is 1. The van der Waals surface area contributed by atoms with Crippen molar-refractivity contribution in [3.05, 3.63) is 60.4 Å². The van der Waals surface area contributed by atoms with Crippen LogP contribution in [-0.4, -0.2) is 29.6 Å². The second kappa shape index (κ2) is 6.58. The number of ketones is 1. The first kappa shape index (κ1) is 15.8. The van der Waals surface area contributed by atoms with E-state index in [1.165, 1.54) is 6.92 Å². The molecule has 0 aliphatic heterocycles. The maximum absolute atomic E-state index is 11.8. The number of carbonyl (C=O) groups excluding carboxylic acids is 1. The zero-order valence-electron chi connectivity index (χ0n) is 13.8. The standard InChI is InChI=1S/C19H18N2O3/c1-13(22)18-12-21(15-6-10-17(24-3)11-7-15)19(20-18)14-4-8-16(23-2)9-5-14/h4-12H,1-3H3. The zero-order valence-corrected chi connectivity index (χ0v) is 13.8. The van der Waals surface area contributed by atoms with Gasteiger partial charge in [-0.05, 0) is 48.5 Å². The summed E-state index contributed by atoms with van der Waals surface area (Å²) in [6, 6.07) is 15.2. The van der Waals surface area contributed by atoms with Crippen LogP contribution in [0.2, 0.25) is 0 Å². The van der Waals surface area contributed by atoms with Gasteiger partial charge in [0.15, 0.2) is 5.78 Å². The molecule has 0 saturated heterocycles. The maximum Gasteiger partial charge on any atom is 0.179 e. The molecule has 3 rings (SSSR count). The normalized spacial score (nSPS) is 10.5. The molecule has 0 aliphatic rings. The zero-order chi connectivity index (χ0) is 17.1. The summed E-state index contributed by atoms with van der Waals surface area (Å²) >= 11 is 0. The van der Waals surface area contributed by atoms with Crippen LogP contribution < -0.4 is 9.47 Å². The second-order valence-corrected chi connectivity index (χ2v) is 5.30. The van der Waals surface area contributed by atoms with Gasteiger partial charge in [-0.25, -0.2) is 4.98 Å². The van der Waals surface area contributed by atoms with Crippen molar-refractivity contribution < 1.29 is 14.3 Å². The van der Waals surface area contributed by atoms with Crippen molar-refractivity contribution in [1.29, 1.82) is 0 Å². The summed E-state index contributed by atoms with van der Waals surface area (Å²) in [6.07, 6.45) is 1.75. The molecule has 1 aromatic heterocycles. The molecule has 1 heterocycles. The first-order valence-electron chi connectivity index (χ1n) is 7.51. The van der Waals surface area contributed by atoms with Crippen LogP contribution in [0.1, 0.15) is 17.4 Å². The van der Waals surface area contributed by atoms with E-state index in [0.29, 0.717) is 11.5 Å².